The fourth-order valence-electron chi connectivity index (χ4n) is 1.89. The maximum Gasteiger partial charge on any atom is 0.191 e. The summed E-state index contributed by atoms with van der Waals surface area (Å²) < 4.78 is 10.6. The van der Waals surface area contributed by atoms with Crippen LogP contribution < -0.4 is 0 Å². The summed E-state index contributed by atoms with van der Waals surface area (Å²) in [7, 11) is 2.01. The Labute approximate surface area is 89.8 Å². The molecule has 2 aliphatic heterocycles. The Morgan fingerprint density at radius 2 is 2.40 bits per heavy atom. The first kappa shape index (κ1) is 10.6. The molecule has 0 spiro atoms. The molecule has 2 rings (SSSR count). The van der Waals surface area contributed by atoms with Crippen LogP contribution in [0.5, 0.6) is 0 Å². The molecule has 0 aliphatic carbocycles. The van der Waals surface area contributed by atoms with Crippen molar-refractivity contribution in [1.29, 1.82) is 0 Å². The van der Waals surface area contributed by atoms with Crippen molar-refractivity contribution in [3.8, 4) is 0 Å². The van der Waals surface area contributed by atoms with E-state index in [9.17, 15) is 4.79 Å². The second-order valence-corrected chi connectivity index (χ2v) is 4.10. The number of ether oxygens (including phenoxy) is 2. The normalized spacial score (nSPS) is 28.1. The van der Waals surface area contributed by atoms with Gasteiger partial charge in [-0.2, -0.15) is 0 Å². The third-order valence-electron chi connectivity index (χ3n) is 2.81. The number of rotatable bonds is 2. The number of ketones is 1. The average molecular weight is 211 g/mol. The number of hydrogen-bond donors (Lipinski definition) is 0. The molecule has 0 aromatic carbocycles. The van der Waals surface area contributed by atoms with Gasteiger partial charge in [0.1, 0.15) is 6.10 Å². The highest BCUT2D eigenvalue weighted by atomic mass is 16.5. The van der Waals surface area contributed by atoms with Gasteiger partial charge in [0.2, 0.25) is 0 Å². The van der Waals surface area contributed by atoms with Crippen molar-refractivity contribution >= 4 is 5.78 Å². The van der Waals surface area contributed by atoms with Crippen LogP contribution in [0, 0.1) is 0 Å². The molecule has 1 fully saturated rings. The SMILES string of the molecule is CN1CCOC(C(=O)C2=COCCC2)C1. The van der Waals surface area contributed by atoms with Crippen LogP contribution in [-0.4, -0.2) is 50.1 Å². The lowest BCUT2D eigenvalue weighted by Crippen LogP contribution is -2.44. The smallest absolute Gasteiger partial charge is 0.191 e. The quantitative estimate of drug-likeness (QED) is 0.669. The van der Waals surface area contributed by atoms with Gasteiger partial charge in [0.25, 0.3) is 0 Å². The van der Waals surface area contributed by atoms with Gasteiger partial charge < -0.3 is 14.4 Å². The first-order valence-corrected chi connectivity index (χ1v) is 5.42. The monoisotopic (exact) mass is 211 g/mol. The third-order valence-corrected chi connectivity index (χ3v) is 2.81. The largest absolute Gasteiger partial charge is 0.501 e. The highest BCUT2D eigenvalue weighted by Gasteiger charge is 2.27. The molecule has 2 heterocycles. The summed E-state index contributed by atoms with van der Waals surface area (Å²) in [5.74, 6) is 0.0984. The predicted molar refractivity (Wildman–Crippen MR) is 55.5 cm³/mol. The molecular weight excluding hydrogens is 194 g/mol. The number of carbonyl (C=O) groups excluding carboxylic acids is 1. The zero-order valence-electron chi connectivity index (χ0n) is 9.07. The van der Waals surface area contributed by atoms with E-state index in [1.807, 2.05) is 7.05 Å². The van der Waals surface area contributed by atoms with E-state index in [1.54, 1.807) is 6.26 Å². The zero-order valence-corrected chi connectivity index (χ0v) is 9.07. The number of nitrogens with zero attached hydrogens (tertiary/aromatic N) is 1. The topological polar surface area (TPSA) is 38.8 Å². The molecule has 1 saturated heterocycles. The Morgan fingerprint density at radius 3 is 3.07 bits per heavy atom. The molecule has 2 aliphatic rings. The second-order valence-electron chi connectivity index (χ2n) is 4.10. The number of morpholine rings is 1. The molecule has 0 aromatic rings. The van der Waals surface area contributed by atoms with E-state index in [1.165, 1.54) is 0 Å². The first-order valence-electron chi connectivity index (χ1n) is 5.42. The zero-order chi connectivity index (χ0) is 10.7. The Bertz CT molecular complexity index is 275. The Hall–Kier alpha value is -0.870. The lowest BCUT2D eigenvalue weighted by Gasteiger charge is -2.29. The highest BCUT2D eigenvalue weighted by molar-refractivity contribution is 5.98. The fourth-order valence-corrected chi connectivity index (χ4v) is 1.89. The molecule has 0 bridgehead atoms. The molecule has 0 saturated carbocycles. The van der Waals surface area contributed by atoms with Gasteiger partial charge in [-0.1, -0.05) is 0 Å². The van der Waals surface area contributed by atoms with Gasteiger partial charge in [-0.15, -0.1) is 0 Å². The van der Waals surface area contributed by atoms with E-state index in [0.29, 0.717) is 13.2 Å². The number of likely N-dealkylation sites (N-methyl/N-ethyl adjacent to an activating group) is 1. The minimum Gasteiger partial charge on any atom is -0.501 e. The van der Waals surface area contributed by atoms with Gasteiger partial charge >= 0.3 is 0 Å². The highest BCUT2D eigenvalue weighted by Crippen LogP contribution is 2.17. The Balaban J connectivity index is 1.97. The van der Waals surface area contributed by atoms with Gasteiger partial charge in [-0.25, -0.2) is 0 Å². The van der Waals surface area contributed by atoms with Crippen LogP contribution in [0.4, 0.5) is 0 Å². The Morgan fingerprint density at radius 1 is 1.53 bits per heavy atom. The second kappa shape index (κ2) is 4.77. The van der Waals surface area contributed by atoms with E-state index in [-0.39, 0.29) is 11.9 Å². The molecule has 4 heteroatoms. The van der Waals surface area contributed by atoms with Crippen molar-refractivity contribution in [3.05, 3.63) is 11.8 Å². The predicted octanol–water partition coefficient (Wildman–Crippen LogP) is 0.580. The third kappa shape index (κ3) is 2.58. The number of Topliss-reactive ketones (excluding diaryl/α,β-unsaturated/α-hetero) is 1. The molecule has 1 unspecified atom stereocenters. The fraction of sp³-hybridized carbons (Fsp3) is 0.727. The maximum atomic E-state index is 12.0. The van der Waals surface area contributed by atoms with Crippen molar-refractivity contribution in [2.45, 2.75) is 18.9 Å². The molecule has 84 valence electrons. The van der Waals surface area contributed by atoms with Crippen LogP contribution in [0.25, 0.3) is 0 Å². The van der Waals surface area contributed by atoms with Crippen LogP contribution in [0.2, 0.25) is 0 Å². The lowest BCUT2D eigenvalue weighted by molar-refractivity contribution is -0.132. The molecule has 0 N–H and O–H groups in total. The van der Waals surface area contributed by atoms with Crippen LogP contribution >= 0.6 is 0 Å². The molecule has 15 heavy (non-hydrogen) atoms. The van der Waals surface area contributed by atoms with Crippen molar-refractivity contribution in [1.82, 2.24) is 4.90 Å². The van der Waals surface area contributed by atoms with Crippen LogP contribution in [0.3, 0.4) is 0 Å². The van der Waals surface area contributed by atoms with Gasteiger partial charge in [0, 0.05) is 18.7 Å². The summed E-state index contributed by atoms with van der Waals surface area (Å²) in [5, 5.41) is 0. The van der Waals surface area contributed by atoms with Gasteiger partial charge in [-0.3, -0.25) is 4.79 Å². The summed E-state index contributed by atoms with van der Waals surface area (Å²) in [5.41, 5.74) is 0.779. The van der Waals surface area contributed by atoms with Crippen LogP contribution in [0.15, 0.2) is 11.8 Å². The Kier molecular flexibility index (Phi) is 3.38. The minimum absolute atomic E-state index is 0.0984. The first-order chi connectivity index (χ1) is 7.27. The van der Waals surface area contributed by atoms with E-state index >= 15 is 0 Å². The molecule has 0 aromatic heterocycles. The van der Waals surface area contributed by atoms with E-state index in [0.717, 1.165) is 31.6 Å². The van der Waals surface area contributed by atoms with Gasteiger partial charge in [0.05, 0.1) is 19.5 Å². The van der Waals surface area contributed by atoms with Crippen LogP contribution in [0.1, 0.15) is 12.8 Å². The summed E-state index contributed by atoms with van der Waals surface area (Å²) in [6.45, 7) is 2.96. The molecular formula is C11H17NO3. The van der Waals surface area contributed by atoms with E-state index < -0.39 is 0 Å². The van der Waals surface area contributed by atoms with Crippen LogP contribution in [-0.2, 0) is 14.3 Å². The standard InChI is InChI=1S/C11H17NO3/c1-12-4-6-15-10(7-12)11(13)9-3-2-5-14-8-9/h8,10H,2-7H2,1H3. The van der Waals surface area contributed by atoms with Crippen molar-refractivity contribution in [2.24, 2.45) is 0 Å². The summed E-state index contributed by atoms with van der Waals surface area (Å²) >= 11 is 0. The summed E-state index contributed by atoms with van der Waals surface area (Å²) in [6, 6.07) is 0. The maximum absolute atomic E-state index is 12.0. The van der Waals surface area contributed by atoms with E-state index in [4.69, 9.17) is 9.47 Å². The van der Waals surface area contributed by atoms with Crippen molar-refractivity contribution in [3.63, 3.8) is 0 Å². The average Bonchev–Trinajstić information content (AvgIpc) is 2.29. The van der Waals surface area contributed by atoms with E-state index in [2.05, 4.69) is 4.90 Å². The minimum atomic E-state index is -0.295. The van der Waals surface area contributed by atoms with Crippen molar-refractivity contribution < 1.29 is 14.3 Å². The molecule has 0 amide bonds. The lowest BCUT2D eigenvalue weighted by atomic mass is 10.0. The molecule has 1 atom stereocenters. The molecule has 4 nitrogen and oxygen atoms in total. The number of hydrogen-bond acceptors (Lipinski definition) is 4. The summed E-state index contributed by atoms with van der Waals surface area (Å²) in [6.07, 6.45) is 3.06. The van der Waals surface area contributed by atoms with Crippen molar-refractivity contribution in [2.75, 3.05) is 33.4 Å². The van der Waals surface area contributed by atoms with Gasteiger partial charge in [0.15, 0.2) is 5.78 Å². The van der Waals surface area contributed by atoms with Gasteiger partial charge in [-0.05, 0) is 19.9 Å². The summed E-state index contributed by atoms with van der Waals surface area (Å²) in [4.78, 5) is 14.1. The number of carbonyl (C=O) groups is 1. The molecule has 0 radical (unpaired) electrons.